The van der Waals surface area contributed by atoms with Crippen molar-refractivity contribution in [3.8, 4) is 0 Å². The van der Waals surface area contributed by atoms with Gasteiger partial charge in [0.15, 0.2) is 0 Å². The molecule has 2 aromatic rings. The van der Waals surface area contributed by atoms with Gasteiger partial charge in [0.2, 0.25) is 0 Å². The molecule has 0 unspecified atom stereocenters. The minimum atomic E-state index is 0.889. The van der Waals surface area contributed by atoms with Crippen LogP contribution < -0.4 is 5.32 Å². The van der Waals surface area contributed by atoms with E-state index in [-0.39, 0.29) is 0 Å². The van der Waals surface area contributed by atoms with Crippen LogP contribution >= 0.6 is 11.8 Å². The van der Waals surface area contributed by atoms with Gasteiger partial charge in [-0.3, -0.25) is 4.98 Å². The highest BCUT2D eigenvalue weighted by Gasteiger charge is 2.00. The lowest BCUT2D eigenvalue weighted by molar-refractivity contribution is 0.967. The molecule has 1 N–H and O–H groups in total. The van der Waals surface area contributed by atoms with Crippen molar-refractivity contribution in [3.05, 3.63) is 36.9 Å². The number of rotatable bonds is 5. The number of anilines is 1. The van der Waals surface area contributed by atoms with E-state index >= 15 is 0 Å². The number of aromatic nitrogens is 3. The predicted octanol–water partition coefficient (Wildman–Crippen LogP) is 2.84. The smallest absolute Gasteiger partial charge is 0.127 e. The third-order valence-electron chi connectivity index (χ3n) is 2.05. The van der Waals surface area contributed by atoms with E-state index in [2.05, 4.69) is 27.2 Å². The molecule has 0 amide bonds. The normalized spacial score (nSPS) is 10.2. The van der Waals surface area contributed by atoms with Crippen LogP contribution in [0.4, 0.5) is 5.82 Å². The molecule has 0 aromatic carbocycles. The maximum absolute atomic E-state index is 4.26. The average molecular weight is 246 g/mol. The van der Waals surface area contributed by atoms with E-state index in [0.717, 1.165) is 28.7 Å². The predicted molar refractivity (Wildman–Crippen MR) is 69.2 cm³/mol. The Bertz CT molecular complexity index is 461. The zero-order valence-electron chi connectivity index (χ0n) is 9.63. The first-order chi connectivity index (χ1) is 8.38. The summed E-state index contributed by atoms with van der Waals surface area (Å²) in [6.45, 7) is 3.07. The third kappa shape index (κ3) is 3.71. The minimum absolute atomic E-state index is 0.889. The standard InChI is InChI=1S/C12H14N4S/c1-2-4-14-11-8-10(3-5-15-11)17-12-9-13-6-7-16-12/h3,5-9H,2,4H2,1H3,(H,14,15). The van der Waals surface area contributed by atoms with Crippen LogP contribution in [0.25, 0.3) is 0 Å². The van der Waals surface area contributed by atoms with Gasteiger partial charge >= 0.3 is 0 Å². The van der Waals surface area contributed by atoms with E-state index in [1.165, 1.54) is 0 Å². The molecule has 0 fully saturated rings. The highest BCUT2D eigenvalue weighted by molar-refractivity contribution is 7.99. The molecule has 0 saturated heterocycles. The first-order valence-corrected chi connectivity index (χ1v) is 6.34. The first-order valence-electron chi connectivity index (χ1n) is 5.52. The average Bonchev–Trinajstić information content (AvgIpc) is 2.38. The molecule has 0 aliphatic carbocycles. The summed E-state index contributed by atoms with van der Waals surface area (Å²) < 4.78 is 0. The summed E-state index contributed by atoms with van der Waals surface area (Å²) >= 11 is 1.58. The summed E-state index contributed by atoms with van der Waals surface area (Å²) in [5.74, 6) is 0.903. The summed E-state index contributed by atoms with van der Waals surface area (Å²) in [6.07, 6.45) is 8.01. The Hall–Kier alpha value is -1.62. The summed E-state index contributed by atoms with van der Waals surface area (Å²) in [6, 6.07) is 3.99. The van der Waals surface area contributed by atoms with Crippen LogP contribution in [0.2, 0.25) is 0 Å². The van der Waals surface area contributed by atoms with Crippen LogP contribution in [0.15, 0.2) is 46.8 Å². The molecule has 0 atom stereocenters. The van der Waals surface area contributed by atoms with E-state index in [9.17, 15) is 0 Å². The fourth-order valence-electron chi connectivity index (χ4n) is 1.28. The number of nitrogens with zero attached hydrogens (tertiary/aromatic N) is 3. The Morgan fingerprint density at radius 1 is 1.24 bits per heavy atom. The van der Waals surface area contributed by atoms with Gasteiger partial charge in [-0.05, 0) is 18.6 Å². The van der Waals surface area contributed by atoms with Gasteiger partial charge in [-0.1, -0.05) is 18.7 Å². The van der Waals surface area contributed by atoms with Crippen LogP contribution in [0.3, 0.4) is 0 Å². The Morgan fingerprint density at radius 2 is 2.18 bits per heavy atom. The van der Waals surface area contributed by atoms with Gasteiger partial charge < -0.3 is 5.32 Å². The Labute approximate surface area is 105 Å². The second-order valence-electron chi connectivity index (χ2n) is 3.45. The monoisotopic (exact) mass is 246 g/mol. The molecule has 2 rings (SSSR count). The Kier molecular flexibility index (Phi) is 4.32. The summed E-state index contributed by atoms with van der Waals surface area (Å²) in [5, 5.41) is 4.15. The van der Waals surface area contributed by atoms with Gasteiger partial charge in [0.05, 0.1) is 6.20 Å². The molecule has 5 heteroatoms. The molecular formula is C12H14N4S. The van der Waals surface area contributed by atoms with E-state index in [4.69, 9.17) is 0 Å². The minimum Gasteiger partial charge on any atom is -0.370 e. The lowest BCUT2D eigenvalue weighted by Gasteiger charge is -2.05. The van der Waals surface area contributed by atoms with E-state index in [1.807, 2.05) is 12.1 Å². The molecule has 0 bridgehead atoms. The van der Waals surface area contributed by atoms with E-state index < -0.39 is 0 Å². The van der Waals surface area contributed by atoms with Crippen LogP contribution in [0.5, 0.6) is 0 Å². The quantitative estimate of drug-likeness (QED) is 0.879. The largest absolute Gasteiger partial charge is 0.370 e. The molecule has 2 aromatic heterocycles. The zero-order valence-corrected chi connectivity index (χ0v) is 10.4. The molecule has 0 saturated carbocycles. The highest BCUT2D eigenvalue weighted by Crippen LogP contribution is 2.26. The Morgan fingerprint density at radius 3 is 2.94 bits per heavy atom. The number of pyridine rings is 1. The number of hydrogen-bond donors (Lipinski definition) is 1. The van der Waals surface area contributed by atoms with Gasteiger partial charge in [0, 0.05) is 30.0 Å². The van der Waals surface area contributed by atoms with Crippen LogP contribution in [0.1, 0.15) is 13.3 Å². The molecule has 17 heavy (non-hydrogen) atoms. The van der Waals surface area contributed by atoms with Crippen molar-refractivity contribution in [3.63, 3.8) is 0 Å². The maximum Gasteiger partial charge on any atom is 0.127 e. The van der Waals surface area contributed by atoms with Crippen LogP contribution in [-0.2, 0) is 0 Å². The molecule has 0 radical (unpaired) electrons. The zero-order chi connectivity index (χ0) is 11.9. The molecule has 88 valence electrons. The van der Waals surface area contributed by atoms with Crippen molar-refractivity contribution in [1.29, 1.82) is 0 Å². The fourth-order valence-corrected chi connectivity index (χ4v) is 2.05. The van der Waals surface area contributed by atoms with E-state index in [1.54, 1.807) is 36.5 Å². The van der Waals surface area contributed by atoms with Crippen molar-refractivity contribution in [2.24, 2.45) is 0 Å². The number of nitrogens with one attached hydrogen (secondary N) is 1. The number of hydrogen-bond acceptors (Lipinski definition) is 5. The van der Waals surface area contributed by atoms with Crippen molar-refractivity contribution >= 4 is 17.6 Å². The molecule has 2 heterocycles. The fraction of sp³-hybridized carbons (Fsp3) is 0.250. The Balaban J connectivity index is 2.06. The van der Waals surface area contributed by atoms with Gasteiger partial charge in [0.25, 0.3) is 0 Å². The molecule has 0 aliphatic heterocycles. The topological polar surface area (TPSA) is 50.7 Å². The summed E-state index contributed by atoms with van der Waals surface area (Å²) in [4.78, 5) is 13.6. The SMILES string of the molecule is CCCNc1cc(Sc2cnccn2)ccn1. The van der Waals surface area contributed by atoms with Gasteiger partial charge in [-0.15, -0.1) is 0 Å². The van der Waals surface area contributed by atoms with Gasteiger partial charge in [-0.25, -0.2) is 9.97 Å². The van der Waals surface area contributed by atoms with Gasteiger partial charge in [-0.2, -0.15) is 0 Å². The molecule has 4 nitrogen and oxygen atoms in total. The van der Waals surface area contributed by atoms with Crippen LogP contribution in [-0.4, -0.2) is 21.5 Å². The van der Waals surface area contributed by atoms with Crippen molar-refractivity contribution in [1.82, 2.24) is 15.0 Å². The van der Waals surface area contributed by atoms with Gasteiger partial charge in [0.1, 0.15) is 10.8 Å². The van der Waals surface area contributed by atoms with Crippen LogP contribution in [0, 0.1) is 0 Å². The van der Waals surface area contributed by atoms with Crippen molar-refractivity contribution < 1.29 is 0 Å². The lowest BCUT2D eigenvalue weighted by atomic mass is 10.4. The second-order valence-corrected chi connectivity index (χ2v) is 4.54. The molecular weight excluding hydrogens is 232 g/mol. The molecule has 0 aliphatic rings. The van der Waals surface area contributed by atoms with Crippen molar-refractivity contribution in [2.45, 2.75) is 23.3 Å². The summed E-state index contributed by atoms with van der Waals surface area (Å²) in [5.41, 5.74) is 0. The maximum atomic E-state index is 4.26. The third-order valence-corrected chi connectivity index (χ3v) is 2.96. The lowest BCUT2D eigenvalue weighted by Crippen LogP contribution is -2.01. The van der Waals surface area contributed by atoms with E-state index in [0.29, 0.717) is 0 Å². The second kappa shape index (κ2) is 6.20. The molecule has 0 spiro atoms. The van der Waals surface area contributed by atoms with Crippen molar-refractivity contribution in [2.75, 3.05) is 11.9 Å². The summed E-state index contributed by atoms with van der Waals surface area (Å²) in [7, 11) is 0. The highest BCUT2D eigenvalue weighted by atomic mass is 32.2. The first kappa shape index (κ1) is 11.9.